The second-order valence-corrected chi connectivity index (χ2v) is 9.35. The number of carboxylic acid groups (broad SMARTS) is 2. The van der Waals surface area contributed by atoms with Crippen LogP contribution in [0.4, 0.5) is 0 Å². The van der Waals surface area contributed by atoms with Crippen LogP contribution in [0.15, 0.2) is 24.3 Å². The Morgan fingerprint density at radius 3 is 1.24 bits per heavy atom. The van der Waals surface area contributed by atoms with Crippen LogP contribution in [0, 0.1) is 0 Å². The SMILES string of the molecule is CC(C)(C)c1cc(C(=O)O)cc(Cc2cc(C(=O)O)cc(C(C)(C)C)c2O)c1O. The van der Waals surface area contributed by atoms with E-state index in [0.717, 1.165) is 0 Å². The molecule has 0 aliphatic rings. The van der Waals surface area contributed by atoms with Crippen molar-refractivity contribution in [1.29, 1.82) is 0 Å². The molecule has 0 bridgehead atoms. The van der Waals surface area contributed by atoms with Gasteiger partial charge in [-0.25, -0.2) is 9.59 Å². The number of benzene rings is 2. The standard InChI is InChI=1S/C23H28O6/c1-22(2,3)16-10-14(20(26)27)8-12(18(16)24)7-13-9-15(21(28)29)11-17(19(13)25)23(4,5)6/h8-11,24-25H,7H2,1-6H3,(H,26,27)(H,28,29). The Labute approximate surface area is 170 Å². The molecule has 2 aromatic rings. The van der Waals surface area contributed by atoms with E-state index in [9.17, 15) is 30.0 Å². The molecular formula is C23H28O6. The van der Waals surface area contributed by atoms with E-state index in [0.29, 0.717) is 22.3 Å². The second kappa shape index (κ2) is 7.43. The number of hydrogen-bond acceptors (Lipinski definition) is 4. The highest BCUT2D eigenvalue weighted by molar-refractivity contribution is 5.89. The molecule has 0 heterocycles. The van der Waals surface area contributed by atoms with E-state index in [-0.39, 0.29) is 29.0 Å². The summed E-state index contributed by atoms with van der Waals surface area (Å²) in [5.41, 5.74) is 0.590. The fourth-order valence-electron chi connectivity index (χ4n) is 3.25. The van der Waals surface area contributed by atoms with Gasteiger partial charge in [0.1, 0.15) is 11.5 Å². The molecule has 0 amide bonds. The van der Waals surface area contributed by atoms with Crippen LogP contribution in [-0.2, 0) is 17.3 Å². The highest BCUT2D eigenvalue weighted by Crippen LogP contribution is 2.39. The molecule has 0 radical (unpaired) electrons. The van der Waals surface area contributed by atoms with E-state index in [1.165, 1.54) is 24.3 Å². The minimum Gasteiger partial charge on any atom is -0.507 e. The first-order valence-corrected chi connectivity index (χ1v) is 9.32. The van der Waals surface area contributed by atoms with E-state index in [4.69, 9.17) is 0 Å². The highest BCUT2D eigenvalue weighted by Gasteiger charge is 2.26. The van der Waals surface area contributed by atoms with Crippen LogP contribution >= 0.6 is 0 Å². The highest BCUT2D eigenvalue weighted by atomic mass is 16.4. The van der Waals surface area contributed by atoms with Gasteiger partial charge in [0, 0.05) is 17.5 Å². The molecule has 0 aromatic heterocycles. The molecule has 2 aromatic carbocycles. The summed E-state index contributed by atoms with van der Waals surface area (Å²) in [6.07, 6.45) is -0.00787. The average Bonchev–Trinajstić information content (AvgIpc) is 2.55. The van der Waals surface area contributed by atoms with Gasteiger partial charge in [-0.3, -0.25) is 0 Å². The van der Waals surface area contributed by atoms with Crippen molar-refractivity contribution in [2.45, 2.75) is 58.8 Å². The van der Waals surface area contributed by atoms with Gasteiger partial charge in [0.05, 0.1) is 11.1 Å². The van der Waals surface area contributed by atoms with E-state index in [1.54, 1.807) is 0 Å². The summed E-state index contributed by atoms with van der Waals surface area (Å²) in [5.74, 6) is -2.37. The molecular weight excluding hydrogens is 372 g/mol. The maximum absolute atomic E-state index is 11.6. The zero-order chi connectivity index (χ0) is 22.3. The molecule has 6 heteroatoms. The predicted octanol–water partition coefficient (Wildman–Crippen LogP) is 4.68. The van der Waals surface area contributed by atoms with Crippen LogP contribution in [0.5, 0.6) is 11.5 Å². The molecule has 0 unspecified atom stereocenters. The van der Waals surface area contributed by atoms with Crippen LogP contribution < -0.4 is 0 Å². The number of aromatic hydroxyl groups is 2. The Hall–Kier alpha value is -3.02. The predicted molar refractivity (Wildman–Crippen MR) is 110 cm³/mol. The number of aromatic carboxylic acids is 2. The van der Waals surface area contributed by atoms with Crippen molar-refractivity contribution in [2.24, 2.45) is 0 Å². The number of carboxylic acids is 2. The maximum atomic E-state index is 11.6. The second-order valence-electron chi connectivity index (χ2n) is 9.35. The third kappa shape index (κ3) is 4.70. The van der Waals surface area contributed by atoms with Gasteiger partial charge >= 0.3 is 11.9 Å². The van der Waals surface area contributed by atoms with Crippen LogP contribution in [-0.4, -0.2) is 32.4 Å². The van der Waals surface area contributed by atoms with Gasteiger partial charge in [0.15, 0.2) is 0 Å². The lowest BCUT2D eigenvalue weighted by Crippen LogP contribution is -2.15. The summed E-state index contributed by atoms with van der Waals surface area (Å²) in [5, 5.41) is 40.5. The molecule has 0 fully saturated rings. The Balaban J connectivity index is 2.74. The number of carbonyl (C=O) groups is 2. The third-order valence-electron chi connectivity index (χ3n) is 4.87. The zero-order valence-electron chi connectivity index (χ0n) is 17.6. The molecule has 4 N–H and O–H groups in total. The smallest absolute Gasteiger partial charge is 0.335 e. The Morgan fingerprint density at radius 1 is 0.690 bits per heavy atom. The fraction of sp³-hybridized carbons (Fsp3) is 0.391. The van der Waals surface area contributed by atoms with Crippen molar-refractivity contribution in [1.82, 2.24) is 0 Å². The molecule has 0 atom stereocenters. The molecule has 29 heavy (non-hydrogen) atoms. The third-order valence-corrected chi connectivity index (χ3v) is 4.87. The molecule has 0 spiro atoms. The van der Waals surface area contributed by atoms with Crippen LogP contribution in [0.25, 0.3) is 0 Å². The van der Waals surface area contributed by atoms with Gasteiger partial charge in [-0.15, -0.1) is 0 Å². The molecule has 6 nitrogen and oxygen atoms in total. The molecule has 2 rings (SSSR count). The lowest BCUT2D eigenvalue weighted by Gasteiger charge is -2.24. The van der Waals surface area contributed by atoms with E-state index in [1.807, 2.05) is 41.5 Å². The Kier molecular flexibility index (Phi) is 5.70. The van der Waals surface area contributed by atoms with Crippen molar-refractivity contribution < 1.29 is 30.0 Å². The lowest BCUT2D eigenvalue weighted by atomic mass is 9.81. The topological polar surface area (TPSA) is 115 Å². The summed E-state index contributed by atoms with van der Waals surface area (Å²) in [6.45, 7) is 11.2. The summed E-state index contributed by atoms with van der Waals surface area (Å²) < 4.78 is 0. The van der Waals surface area contributed by atoms with Crippen molar-refractivity contribution in [3.8, 4) is 11.5 Å². The van der Waals surface area contributed by atoms with Crippen molar-refractivity contribution in [3.05, 3.63) is 57.6 Å². The summed E-state index contributed by atoms with van der Waals surface area (Å²) >= 11 is 0. The molecule has 156 valence electrons. The first-order chi connectivity index (χ1) is 13.1. The van der Waals surface area contributed by atoms with E-state index >= 15 is 0 Å². The largest absolute Gasteiger partial charge is 0.507 e. The van der Waals surface area contributed by atoms with Gasteiger partial charge in [-0.1, -0.05) is 41.5 Å². The van der Waals surface area contributed by atoms with E-state index < -0.39 is 22.8 Å². The van der Waals surface area contributed by atoms with Gasteiger partial charge in [-0.05, 0) is 46.2 Å². The number of phenolic OH excluding ortho intramolecular Hbond substituents is 2. The Morgan fingerprint density at radius 2 is 1.00 bits per heavy atom. The van der Waals surface area contributed by atoms with Gasteiger partial charge in [0.25, 0.3) is 0 Å². The minimum atomic E-state index is -1.13. The van der Waals surface area contributed by atoms with E-state index in [2.05, 4.69) is 0 Å². The van der Waals surface area contributed by atoms with Crippen molar-refractivity contribution >= 4 is 11.9 Å². The first kappa shape index (κ1) is 22.3. The zero-order valence-corrected chi connectivity index (χ0v) is 17.6. The number of phenols is 2. The quantitative estimate of drug-likeness (QED) is 0.592. The van der Waals surface area contributed by atoms with Crippen LogP contribution in [0.1, 0.15) is 84.5 Å². The molecule has 0 aliphatic heterocycles. The summed E-state index contributed by atoms with van der Waals surface area (Å²) in [6, 6.07) is 5.59. The normalized spacial score (nSPS) is 12.1. The lowest BCUT2D eigenvalue weighted by molar-refractivity contribution is 0.0686. The number of rotatable bonds is 4. The molecule has 0 saturated carbocycles. The summed E-state index contributed by atoms with van der Waals surface area (Å²) in [7, 11) is 0. The monoisotopic (exact) mass is 400 g/mol. The van der Waals surface area contributed by atoms with Gasteiger partial charge in [0.2, 0.25) is 0 Å². The van der Waals surface area contributed by atoms with Gasteiger partial charge < -0.3 is 20.4 Å². The first-order valence-electron chi connectivity index (χ1n) is 9.32. The van der Waals surface area contributed by atoms with Crippen molar-refractivity contribution in [2.75, 3.05) is 0 Å². The molecule has 0 aliphatic carbocycles. The molecule has 0 saturated heterocycles. The van der Waals surface area contributed by atoms with Crippen LogP contribution in [0.2, 0.25) is 0 Å². The Bertz CT molecular complexity index is 895. The fourth-order valence-corrected chi connectivity index (χ4v) is 3.25. The average molecular weight is 400 g/mol. The minimum absolute atomic E-state index is 0.00787. The van der Waals surface area contributed by atoms with Gasteiger partial charge in [-0.2, -0.15) is 0 Å². The van der Waals surface area contributed by atoms with Crippen LogP contribution in [0.3, 0.4) is 0 Å². The summed E-state index contributed by atoms with van der Waals surface area (Å²) in [4.78, 5) is 23.2. The van der Waals surface area contributed by atoms with Crippen molar-refractivity contribution in [3.63, 3.8) is 0 Å². The maximum Gasteiger partial charge on any atom is 0.335 e. The number of hydrogen-bond donors (Lipinski definition) is 4.